The van der Waals surface area contributed by atoms with Crippen molar-refractivity contribution in [2.75, 3.05) is 40.0 Å². The van der Waals surface area contributed by atoms with Crippen molar-refractivity contribution in [2.24, 2.45) is 5.92 Å². The fourth-order valence-corrected chi connectivity index (χ4v) is 4.39. The monoisotopic (exact) mass is 370 g/mol. The lowest BCUT2D eigenvalue weighted by molar-refractivity contribution is 0.00776. The molecule has 0 amide bonds. The summed E-state index contributed by atoms with van der Waals surface area (Å²) >= 11 is 0. The predicted molar refractivity (Wildman–Crippen MR) is 98.7 cm³/mol. The molecule has 1 aromatic rings. The normalized spacial score (nSPS) is 17.7. The molecule has 0 aliphatic carbocycles. The average molecular weight is 371 g/mol. The molecule has 2 rings (SSSR count). The smallest absolute Gasteiger partial charge is 0.244 e. The van der Waals surface area contributed by atoms with Gasteiger partial charge >= 0.3 is 0 Å². The minimum absolute atomic E-state index is 0.135. The van der Waals surface area contributed by atoms with Crippen molar-refractivity contribution in [3.05, 3.63) is 23.3 Å². The maximum absolute atomic E-state index is 12.9. The number of nitrogens with zero attached hydrogens (tertiary/aromatic N) is 1. The van der Waals surface area contributed by atoms with Crippen molar-refractivity contribution in [2.45, 2.75) is 38.6 Å². The largest absolute Gasteiger partial charge is 0.495 e. The third-order valence-electron chi connectivity index (χ3n) is 4.84. The second-order valence-electron chi connectivity index (χ2n) is 6.90. The predicted octanol–water partition coefficient (Wildman–Crippen LogP) is 1.95. The topological polar surface area (TPSA) is 67.9 Å². The number of nitrogens with one attached hydrogen (secondary N) is 1. The van der Waals surface area contributed by atoms with E-state index >= 15 is 0 Å². The van der Waals surface area contributed by atoms with E-state index in [1.54, 1.807) is 12.1 Å². The average Bonchev–Trinajstić information content (AvgIpc) is 2.57. The van der Waals surface area contributed by atoms with Crippen LogP contribution in [-0.2, 0) is 14.8 Å². The molecule has 0 aromatic heterocycles. The number of sulfonamides is 1. The SMILES string of the molecule is COc1cc(C)c(C)cc1S(=O)(=O)NCC(C(C)C)N1CCOCC1. The first-order valence-corrected chi connectivity index (χ1v) is 10.2. The molecule has 1 heterocycles. The minimum Gasteiger partial charge on any atom is -0.495 e. The highest BCUT2D eigenvalue weighted by molar-refractivity contribution is 7.89. The summed E-state index contributed by atoms with van der Waals surface area (Å²) < 4.78 is 39.2. The van der Waals surface area contributed by atoms with Crippen LogP contribution in [0.2, 0.25) is 0 Å². The number of aryl methyl sites for hydroxylation is 2. The van der Waals surface area contributed by atoms with Gasteiger partial charge in [-0.1, -0.05) is 13.8 Å². The van der Waals surface area contributed by atoms with E-state index in [-0.39, 0.29) is 10.9 Å². The Balaban J connectivity index is 2.18. The second-order valence-corrected chi connectivity index (χ2v) is 8.63. The molecule has 7 heteroatoms. The molecule has 1 atom stereocenters. The maximum atomic E-state index is 12.9. The van der Waals surface area contributed by atoms with Crippen LogP contribution in [0.15, 0.2) is 17.0 Å². The molecule has 25 heavy (non-hydrogen) atoms. The van der Waals surface area contributed by atoms with E-state index < -0.39 is 10.0 Å². The third-order valence-corrected chi connectivity index (χ3v) is 6.28. The Hall–Kier alpha value is -1.15. The molecule has 0 spiro atoms. The molecule has 142 valence electrons. The first-order valence-electron chi connectivity index (χ1n) is 8.73. The van der Waals surface area contributed by atoms with Crippen LogP contribution < -0.4 is 9.46 Å². The van der Waals surface area contributed by atoms with Crippen LogP contribution in [0.25, 0.3) is 0 Å². The van der Waals surface area contributed by atoms with Gasteiger partial charge in [0.1, 0.15) is 10.6 Å². The van der Waals surface area contributed by atoms with Gasteiger partial charge in [-0.05, 0) is 43.0 Å². The third kappa shape index (κ3) is 4.94. The Morgan fingerprint density at radius 1 is 1.20 bits per heavy atom. The van der Waals surface area contributed by atoms with Gasteiger partial charge in [0.05, 0.1) is 20.3 Å². The lowest BCUT2D eigenvalue weighted by Crippen LogP contribution is -2.51. The first-order chi connectivity index (χ1) is 11.8. The molecule has 0 bridgehead atoms. The summed E-state index contributed by atoms with van der Waals surface area (Å²) in [4.78, 5) is 2.50. The Morgan fingerprint density at radius 2 is 1.80 bits per heavy atom. The summed E-state index contributed by atoms with van der Waals surface area (Å²) in [7, 11) is -2.15. The summed E-state index contributed by atoms with van der Waals surface area (Å²) in [6.07, 6.45) is 0. The summed E-state index contributed by atoms with van der Waals surface area (Å²) in [5.74, 6) is 0.713. The number of methoxy groups -OCH3 is 1. The van der Waals surface area contributed by atoms with Gasteiger partial charge in [0.15, 0.2) is 0 Å². The minimum atomic E-state index is -3.64. The van der Waals surface area contributed by atoms with Crippen LogP contribution in [0.3, 0.4) is 0 Å². The van der Waals surface area contributed by atoms with Gasteiger partial charge in [0.25, 0.3) is 0 Å². The zero-order valence-corrected chi connectivity index (χ0v) is 16.6. The molecular weight excluding hydrogens is 340 g/mol. The van der Waals surface area contributed by atoms with Gasteiger partial charge in [-0.3, -0.25) is 4.90 Å². The highest BCUT2D eigenvalue weighted by Gasteiger charge is 2.27. The summed E-state index contributed by atoms with van der Waals surface area (Å²) in [5.41, 5.74) is 1.93. The Morgan fingerprint density at radius 3 is 2.36 bits per heavy atom. The van der Waals surface area contributed by atoms with Gasteiger partial charge in [-0.25, -0.2) is 13.1 Å². The maximum Gasteiger partial charge on any atom is 0.244 e. The van der Waals surface area contributed by atoms with Crippen molar-refractivity contribution in [3.8, 4) is 5.75 Å². The highest BCUT2D eigenvalue weighted by atomic mass is 32.2. The van der Waals surface area contributed by atoms with Gasteiger partial charge in [-0.15, -0.1) is 0 Å². The van der Waals surface area contributed by atoms with E-state index in [1.165, 1.54) is 7.11 Å². The number of benzene rings is 1. The number of ether oxygens (including phenoxy) is 2. The number of rotatable bonds is 7. The molecule has 0 radical (unpaired) electrons. The van der Waals surface area contributed by atoms with Gasteiger partial charge in [0.2, 0.25) is 10.0 Å². The molecule has 1 aromatic carbocycles. The van der Waals surface area contributed by atoms with E-state index in [1.807, 2.05) is 13.8 Å². The Labute approximate surface area is 151 Å². The Kier molecular flexibility index (Phi) is 6.85. The van der Waals surface area contributed by atoms with E-state index in [0.29, 0.717) is 31.4 Å². The second kappa shape index (κ2) is 8.49. The lowest BCUT2D eigenvalue weighted by Gasteiger charge is -2.36. The zero-order valence-electron chi connectivity index (χ0n) is 15.8. The molecule has 1 saturated heterocycles. The van der Waals surface area contributed by atoms with Crippen LogP contribution in [0.1, 0.15) is 25.0 Å². The quantitative estimate of drug-likeness (QED) is 0.795. The zero-order chi connectivity index (χ0) is 18.6. The van der Waals surface area contributed by atoms with Crippen molar-refractivity contribution in [1.82, 2.24) is 9.62 Å². The Bertz CT molecular complexity index is 683. The van der Waals surface area contributed by atoms with Gasteiger partial charge < -0.3 is 9.47 Å². The molecule has 6 nitrogen and oxygen atoms in total. The van der Waals surface area contributed by atoms with Crippen LogP contribution in [0, 0.1) is 19.8 Å². The highest BCUT2D eigenvalue weighted by Crippen LogP contribution is 2.27. The van der Waals surface area contributed by atoms with Crippen LogP contribution in [0.5, 0.6) is 5.75 Å². The molecule has 1 aliphatic rings. The van der Waals surface area contributed by atoms with Crippen molar-refractivity contribution in [3.63, 3.8) is 0 Å². The number of hydrogen-bond donors (Lipinski definition) is 1. The fourth-order valence-electron chi connectivity index (χ4n) is 3.10. The van der Waals surface area contributed by atoms with Crippen LogP contribution in [0.4, 0.5) is 0 Å². The summed E-state index contributed by atoms with van der Waals surface area (Å²) in [5, 5.41) is 0. The van der Waals surface area contributed by atoms with Crippen molar-refractivity contribution < 1.29 is 17.9 Å². The van der Waals surface area contributed by atoms with Crippen LogP contribution in [-0.4, -0.2) is 59.3 Å². The van der Waals surface area contributed by atoms with Crippen LogP contribution >= 0.6 is 0 Å². The number of hydrogen-bond acceptors (Lipinski definition) is 5. The first kappa shape index (κ1) is 20.2. The molecular formula is C18H30N2O4S. The molecule has 1 unspecified atom stereocenters. The van der Waals surface area contributed by atoms with Crippen molar-refractivity contribution >= 4 is 10.0 Å². The standard InChI is InChI=1S/C18H30N2O4S/c1-13(2)16(20-6-8-24-9-7-20)12-19-25(21,22)18-11-15(4)14(3)10-17(18)23-5/h10-11,13,16,19H,6-9,12H2,1-5H3. The van der Waals surface area contributed by atoms with E-state index in [0.717, 1.165) is 24.2 Å². The van der Waals surface area contributed by atoms with E-state index in [2.05, 4.69) is 23.5 Å². The lowest BCUT2D eigenvalue weighted by atomic mass is 10.0. The molecule has 1 aliphatic heterocycles. The van der Waals surface area contributed by atoms with E-state index in [9.17, 15) is 8.42 Å². The molecule has 1 N–H and O–H groups in total. The number of morpholine rings is 1. The van der Waals surface area contributed by atoms with Gasteiger partial charge in [0, 0.05) is 25.7 Å². The van der Waals surface area contributed by atoms with Gasteiger partial charge in [-0.2, -0.15) is 0 Å². The summed E-state index contributed by atoms with van der Waals surface area (Å²) in [6, 6.07) is 3.58. The molecule has 1 fully saturated rings. The van der Waals surface area contributed by atoms with Crippen molar-refractivity contribution in [1.29, 1.82) is 0 Å². The summed E-state index contributed by atoms with van der Waals surface area (Å²) in [6.45, 7) is 11.5. The molecule has 0 saturated carbocycles. The van der Waals surface area contributed by atoms with E-state index in [4.69, 9.17) is 9.47 Å². The fraction of sp³-hybridized carbons (Fsp3) is 0.667.